The van der Waals surface area contributed by atoms with Crippen molar-refractivity contribution in [2.75, 3.05) is 19.0 Å². The molecule has 0 bridgehead atoms. The minimum atomic E-state index is -2.32. The van der Waals surface area contributed by atoms with Gasteiger partial charge in [-0.25, -0.2) is 13.8 Å². The smallest absolute Gasteiger partial charge is 0.251 e. The molecular weight excluding hydrogens is 502 g/mol. The lowest BCUT2D eigenvalue weighted by molar-refractivity contribution is -0.139. The maximum Gasteiger partial charge on any atom is 0.251 e. The topological polar surface area (TPSA) is 118 Å². The number of methoxy groups -OCH3 is 1. The molecule has 2 aromatic heterocycles. The van der Waals surface area contributed by atoms with E-state index in [9.17, 15) is 23.5 Å². The molecule has 0 spiro atoms. The van der Waals surface area contributed by atoms with Crippen LogP contribution in [0.5, 0.6) is 11.8 Å². The molecule has 0 saturated heterocycles. The van der Waals surface area contributed by atoms with Crippen LogP contribution in [0.2, 0.25) is 19.1 Å². The van der Waals surface area contributed by atoms with E-state index in [1.165, 1.54) is 18.1 Å². The summed E-state index contributed by atoms with van der Waals surface area (Å²) < 4.78 is 40.1. The molecule has 196 valence electrons. The number of amides is 2. The number of pyridine rings is 1. The van der Waals surface area contributed by atoms with Gasteiger partial charge in [0, 0.05) is 41.5 Å². The molecule has 1 aliphatic rings. The van der Waals surface area contributed by atoms with Crippen molar-refractivity contribution < 1.29 is 32.7 Å². The van der Waals surface area contributed by atoms with E-state index in [2.05, 4.69) is 15.5 Å². The third kappa shape index (κ3) is 5.33. The van der Waals surface area contributed by atoms with Gasteiger partial charge in [-0.1, -0.05) is 26.1 Å². The average molecular weight is 531 g/mol. The van der Waals surface area contributed by atoms with Gasteiger partial charge in [0.1, 0.15) is 23.4 Å². The number of halogens is 2. The molecule has 0 saturated carbocycles. The first-order chi connectivity index (χ1) is 17.5. The van der Waals surface area contributed by atoms with Crippen molar-refractivity contribution in [2.45, 2.75) is 44.9 Å². The third-order valence-corrected chi connectivity index (χ3v) is 10.3. The first-order valence-electron chi connectivity index (χ1n) is 11.8. The molecule has 9 nitrogen and oxygen atoms in total. The van der Waals surface area contributed by atoms with Crippen molar-refractivity contribution in [1.29, 1.82) is 0 Å². The summed E-state index contributed by atoms with van der Waals surface area (Å²) in [6.07, 6.45) is 0.114. The number of nitrogens with zero attached hydrogens (tertiary/aromatic N) is 3. The number of hydrogen-bond donors (Lipinski definition) is 2. The Labute approximate surface area is 213 Å². The van der Waals surface area contributed by atoms with Gasteiger partial charge in [-0.2, -0.15) is 0 Å². The highest BCUT2D eigenvalue weighted by Crippen LogP contribution is 2.32. The van der Waals surface area contributed by atoms with Crippen LogP contribution in [-0.2, 0) is 22.4 Å². The zero-order valence-electron chi connectivity index (χ0n) is 21.0. The van der Waals surface area contributed by atoms with E-state index in [4.69, 9.17) is 9.26 Å². The molecule has 0 unspecified atom stereocenters. The Morgan fingerprint density at radius 2 is 1.95 bits per heavy atom. The second-order valence-corrected chi connectivity index (χ2v) is 14.5. The summed E-state index contributed by atoms with van der Waals surface area (Å²) in [5.41, 5.74) is 0.991. The standard InChI is InChI=1S/C25H28F2N4O5Si/c1-5-37(3,4)24-17(26)10-14(11-18(24)27)28-25(34)23-16-6-7-21(35-2)29-19(16)8-9-31(23)22(33)13-15-12-20(32)30-36-15/h6-7,10-12,23H,5,8-9,13H2,1-4H3,(H,28,34)(H,30,32)/t23-/m1/s1. The first kappa shape index (κ1) is 26.3. The van der Waals surface area contributed by atoms with Gasteiger partial charge >= 0.3 is 0 Å². The number of rotatable bonds is 7. The summed E-state index contributed by atoms with van der Waals surface area (Å²) in [7, 11) is -0.851. The van der Waals surface area contributed by atoms with Gasteiger partial charge in [-0.3, -0.25) is 9.59 Å². The van der Waals surface area contributed by atoms with Crippen molar-refractivity contribution >= 4 is 30.8 Å². The minimum absolute atomic E-state index is 0.0502. The van der Waals surface area contributed by atoms with Gasteiger partial charge in [-0.15, -0.1) is 0 Å². The Bertz CT molecular complexity index is 1320. The maximum absolute atomic E-state index is 15.0. The molecule has 4 rings (SSSR count). The van der Waals surface area contributed by atoms with Crippen molar-refractivity contribution in [3.05, 3.63) is 59.0 Å². The summed E-state index contributed by atoms with van der Waals surface area (Å²) in [6.45, 7) is 5.81. The molecule has 2 amide bonds. The number of fused-ring (bicyclic) bond motifs is 1. The van der Waals surface area contributed by atoms with Crippen LogP contribution >= 0.6 is 0 Å². The predicted octanol–water partition coefficient (Wildman–Crippen LogP) is 3.30. The molecular formula is C25H28F2N4O5Si. The van der Waals surface area contributed by atoms with E-state index in [0.717, 1.165) is 12.1 Å². The van der Waals surface area contributed by atoms with Gasteiger partial charge in [0.05, 0.1) is 27.3 Å². The van der Waals surface area contributed by atoms with Crippen LogP contribution in [0.3, 0.4) is 0 Å². The highest BCUT2D eigenvalue weighted by molar-refractivity contribution is 6.89. The first-order valence-corrected chi connectivity index (χ1v) is 15.0. The molecule has 3 heterocycles. The van der Waals surface area contributed by atoms with Gasteiger partial charge in [0.15, 0.2) is 0 Å². The van der Waals surface area contributed by atoms with E-state index < -0.39 is 37.6 Å². The number of benzene rings is 1. The van der Waals surface area contributed by atoms with Crippen molar-refractivity contribution in [3.8, 4) is 11.8 Å². The van der Waals surface area contributed by atoms with E-state index in [1.54, 1.807) is 12.1 Å². The second kappa shape index (κ2) is 10.3. The van der Waals surface area contributed by atoms with Crippen LogP contribution in [0.15, 0.2) is 34.9 Å². The maximum atomic E-state index is 15.0. The number of carbonyl (C=O) groups excluding carboxylic acids is 2. The van der Waals surface area contributed by atoms with E-state index >= 15 is 0 Å². The van der Waals surface area contributed by atoms with Gasteiger partial charge in [0.2, 0.25) is 11.8 Å². The summed E-state index contributed by atoms with van der Waals surface area (Å²) in [5.74, 6) is -2.40. The number of nitrogens with one attached hydrogen (secondary N) is 1. The van der Waals surface area contributed by atoms with E-state index in [0.29, 0.717) is 29.6 Å². The average Bonchev–Trinajstić information content (AvgIpc) is 3.26. The fourth-order valence-electron chi connectivity index (χ4n) is 4.45. The number of anilines is 1. The molecule has 1 aromatic carbocycles. The highest BCUT2D eigenvalue weighted by Gasteiger charge is 2.38. The molecule has 0 aliphatic carbocycles. The lowest BCUT2D eigenvalue weighted by atomic mass is 9.95. The van der Waals surface area contributed by atoms with E-state index in [1.807, 2.05) is 20.0 Å². The molecule has 0 radical (unpaired) electrons. The van der Waals surface area contributed by atoms with E-state index in [-0.39, 0.29) is 35.5 Å². The molecule has 2 N–H and O–H groups in total. The van der Waals surface area contributed by atoms with Crippen molar-refractivity contribution in [2.24, 2.45) is 0 Å². The van der Waals surface area contributed by atoms with Crippen LogP contribution in [0.4, 0.5) is 14.5 Å². The molecule has 1 aliphatic heterocycles. The van der Waals surface area contributed by atoms with Crippen LogP contribution in [0, 0.1) is 11.6 Å². The summed E-state index contributed by atoms with van der Waals surface area (Å²) in [5, 5.41) is 15.4. The van der Waals surface area contributed by atoms with Gasteiger partial charge in [-0.05, 0) is 23.4 Å². The zero-order valence-corrected chi connectivity index (χ0v) is 22.0. The number of hydrogen-bond acceptors (Lipinski definition) is 7. The van der Waals surface area contributed by atoms with Crippen LogP contribution < -0.4 is 15.2 Å². The summed E-state index contributed by atoms with van der Waals surface area (Å²) in [4.78, 5) is 32.5. The highest BCUT2D eigenvalue weighted by atomic mass is 28.3. The Balaban J connectivity index is 1.67. The quantitative estimate of drug-likeness (QED) is 0.450. The SMILES string of the molecule is CC[Si](C)(C)c1c(F)cc(NC(=O)[C@H]2c3ccc(OC)nc3CCN2C(=O)Cc2cc(O)no2)cc1F. The van der Waals surface area contributed by atoms with Crippen LogP contribution in [-0.4, -0.2) is 53.7 Å². The Hall–Kier alpha value is -3.80. The lowest BCUT2D eigenvalue weighted by Gasteiger charge is -2.36. The number of ether oxygens (including phenoxy) is 1. The number of aromatic hydroxyl groups is 1. The Kier molecular flexibility index (Phi) is 7.30. The number of aromatic nitrogens is 2. The molecule has 1 atom stereocenters. The van der Waals surface area contributed by atoms with Crippen molar-refractivity contribution in [3.63, 3.8) is 0 Å². The lowest BCUT2D eigenvalue weighted by Crippen LogP contribution is -2.46. The Morgan fingerprint density at radius 1 is 1.24 bits per heavy atom. The summed E-state index contributed by atoms with van der Waals surface area (Å²) in [6, 6.07) is 6.18. The monoisotopic (exact) mass is 530 g/mol. The van der Waals surface area contributed by atoms with Crippen molar-refractivity contribution in [1.82, 2.24) is 15.0 Å². The van der Waals surface area contributed by atoms with Gasteiger partial charge < -0.3 is 24.6 Å². The largest absolute Gasteiger partial charge is 0.491 e. The predicted molar refractivity (Wildman–Crippen MR) is 133 cm³/mol. The third-order valence-electron chi connectivity index (χ3n) is 6.70. The molecule has 37 heavy (non-hydrogen) atoms. The fraction of sp³-hybridized carbons (Fsp3) is 0.360. The Morgan fingerprint density at radius 3 is 2.54 bits per heavy atom. The molecule has 12 heteroatoms. The van der Waals surface area contributed by atoms with Gasteiger partial charge in [0.25, 0.3) is 11.8 Å². The normalized spacial score (nSPS) is 15.3. The molecule has 3 aromatic rings. The zero-order chi connectivity index (χ0) is 26.9. The minimum Gasteiger partial charge on any atom is -0.491 e. The van der Waals surface area contributed by atoms with Crippen LogP contribution in [0.25, 0.3) is 0 Å². The second-order valence-electron chi connectivity index (χ2n) is 9.50. The van der Waals surface area contributed by atoms with Crippen LogP contribution in [0.1, 0.15) is 30.0 Å². The molecule has 0 fully saturated rings. The number of carbonyl (C=O) groups is 2. The summed E-state index contributed by atoms with van der Waals surface area (Å²) >= 11 is 0. The fourth-order valence-corrected chi connectivity index (χ4v) is 6.24.